The summed E-state index contributed by atoms with van der Waals surface area (Å²) in [5.74, 6) is 0.829. The van der Waals surface area contributed by atoms with E-state index in [4.69, 9.17) is 4.74 Å². The van der Waals surface area contributed by atoms with Crippen molar-refractivity contribution >= 4 is 0 Å². The van der Waals surface area contributed by atoms with E-state index in [-0.39, 0.29) is 0 Å². The van der Waals surface area contributed by atoms with Crippen molar-refractivity contribution in [3.05, 3.63) is 0 Å². The molecule has 0 radical (unpaired) electrons. The molecule has 3 atom stereocenters. The van der Waals surface area contributed by atoms with E-state index >= 15 is 0 Å². The molecule has 18 heavy (non-hydrogen) atoms. The van der Waals surface area contributed by atoms with Gasteiger partial charge in [0.15, 0.2) is 0 Å². The van der Waals surface area contributed by atoms with Gasteiger partial charge >= 0.3 is 0 Å². The second kappa shape index (κ2) is 6.38. The fourth-order valence-corrected chi connectivity index (χ4v) is 3.97. The Morgan fingerprint density at radius 3 is 2.78 bits per heavy atom. The minimum atomic E-state index is 0.481. The van der Waals surface area contributed by atoms with Crippen molar-refractivity contribution in [2.45, 2.75) is 77.9 Å². The Balaban J connectivity index is 1.60. The molecule has 0 aromatic heterocycles. The first-order valence-corrected chi connectivity index (χ1v) is 7.90. The lowest BCUT2D eigenvalue weighted by molar-refractivity contribution is -0.0243. The molecule has 1 N–H and O–H groups in total. The first kappa shape index (κ1) is 14.3. The SMILES string of the molecule is CC1CC(OCCCC2CCCN2)CC(C)(C)C1. The zero-order chi connectivity index (χ0) is 13.0. The highest BCUT2D eigenvalue weighted by Gasteiger charge is 2.32. The van der Waals surface area contributed by atoms with Gasteiger partial charge in [-0.25, -0.2) is 0 Å². The first-order valence-electron chi connectivity index (χ1n) is 7.90. The summed E-state index contributed by atoms with van der Waals surface area (Å²) in [6.45, 7) is 9.34. The topological polar surface area (TPSA) is 21.3 Å². The van der Waals surface area contributed by atoms with Crippen molar-refractivity contribution in [2.24, 2.45) is 11.3 Å². The van der Waals surface area contributed by atoms with E-state index in [2.05, 4.69) is 26.1 Å². The van der Waals surface area contributed by atoms with E-state index in [0.717, 1.165) is 18.6 Å². The summed E-state index contributed by atoms with van der Waals surface area (Å²) in [4.78, 5) is 0. The first-order chi connectivity index (χ1) is 8.55. The van der Waals surface area contributed by atoms with Crippen LogP contribution in [0.5, 0.6) is 0 Å². The fraction of sp³-hybridized carbons (Fsp3) is 1.00. The van der Waals surface area contributed by atoms with E-state index in [0.29, 0.717) is 11.5 Å². The molecule has 1 saturated heterocycles. The van der Waals surface area contributed by atoms with Crippen LogP contribution in [-0.4, -0.2) is 25.3 Å². The van der Waals surface area contributed by atoms with Crippen LogP contribution < -0.4 is 5.32 Å². The van der Waals surface area contributed by atoms with Gasteiger partial charge in [-0.2, -0.15) is 0 Å². The maximum Gasteiger partial charge on any atom is 0.0582 e. The highest BCUT2D eigenvalue weighted by molar-refractivity contribution is 4.83. The third kappa shape index (κ3) is 4.55. The molecule has 1 aliphatic heterocycles. The Morgan fingerprint density at radius 2 is 2.11 bits per heavy atom. The lowest BCUT2D eigenvalue weighted by Gasteiger charge is -2.38. The van der Waals surface area contributed by atoms with Gasteiger partial charge in [-0.15, -0.1) is 0 Å². The molecule has 2 heteroatoms. The molecule has 2 nitrogen and oxygen atoms in total. The summed E-state index contributed by atoms with van der Waals surface area (Å²) in [5.41, 5.74) is 0.481. The number of ether oxygens (including phenoxy) is 1. The fourth-order valence-electron chi connectivity index (χ4n) is 3.97. The van der Waals surface area contributed by atoms with Gasteiger partial charge in [-0.05, 0) is 62.8 Å². The van der Waals surface area contributed by atoms with Crippen molar-refractivity contribution in [1.29, 1.82) is 0 Å². The monoisotopic (exact) mass is 253 g/mol. The van der Waals surface area contributed by atoms with Gasteiger partial charge < -0.3 is 10.1 Å². The maximum atomic E-state index is 6.12. The maximum absolute atomic E-state index is 6.12. The standard InChI is InChI=1S/C16H31NO/c1-13-10-15(12-16(2,3)11-13)18-9-5-7-14-6-4-8-17-14/h13-15,17H,4-12H2,1-3H3. The minimum Gasteiger partial charge on any atom is -0.378 e. The Bertz CT molecular complexity index is 245. The van der Waals surface area contributed by atoms with Crippen molar-refractivity contribution in [3.63, 3.8) is 0 Å². The second-order valence-electron chi connectivity index (χ2n) is 7.34. The third-order valence-electron chi connectivity index (χ3n) is 4.56. The van der Waals surface area contributed by atoms with Crippen molar-refractivity contribution < 1.29 is 4.74 Å². The van der Waals surface area contributed by atoms with Crippen LogP contribution in [0.3, 0.4) is 0 Å². The van der Waals surface area contributed by atoms with Gasteiger partial charge in [-0.3, -0.25) is 0 Å². The molecule has 2 fully saturated rings. The summed E-state index contributed by atoms with van der Waals surface area (Å²) in [6, 6.07) is 0.773. The van der Waals surface area contributed by atoms with Gasteiger partial charge in [0.25, 0.3) is 0 Å². The number of hydrogen-bond acceptors (Lipinski definition) is 2. The predicted octanol–water partition coefficient (Wildman–Crippen LogP) is 3.75. The molecule has 1 heterocycles. The van der Waals surface area contributed by atoms with E-state index in [9.17, 15) is 0 Å². The summed E-state index contributed by atoms with van der Waals surface area (Å²) in [5, 5.41) is 3.56. The molecule has 1 aliphatic carbocycles. The molecule has 0 amide bonds. The Labute approximate surface area is 113 Å². The highest BCUT2D eigenvalue weighted by Crippen LogP contribution is 2.39. The van der Waals surface area contributed by atoms with Gasteiger partial charge in [-0.1, -0.05) is 20.8 Å². The summed E-state index contributed by atoms with van der Waals surface area (Å²) in [6.07, 6.45) is 9.64. The van der Waals surface area contributed by atoms with Crippen LogP contribution in [-0.2, 0) is 4.74 Å². The van der Waals surface area contributed by atoms with Gasteiger partial charge in [0.05, 0.1) is 6.10 Å². The van der Waals surface area contributed by atoms with Crippen molar-refractivity contribution in [1.82, 2.24) is 5.32 Å². The largest absolute Gasteiger partial charge is 0.378 e. The number of hydrogen-bond donors (Lipinski definition) is 1. The highest BCUT2D eigenvalue weighted by atomic mass is 16.5. The molecule has 0 aromatic rings. The van der Waals surface area contributed by atoms with Crippen LogP contribution in [0, 0.1) is 11.3 Å². The van der Waals surface area contributed by atoms with Crippen LogP contribution in [0.1, 0.15) is 65.7 Å². The Morgan fingerprint density at radius 1 is 1.28 bits per heavy atom. The zero-order valence-electron chi connectivity index (χ0n) is 12.5. The van der Waals surface area contributed by atoms with E-state index in [1.165, 1.54) is 51.5 Å². The Hall–Kier alpha value is -0.0800. The second-order valence-corrected chi connectivity index (χ2v) is 7.34. The van der Waals surface area contributed by atoms with Gasteiger partial charge in [0.1, 0.15) is 0 Å². The van der Waals surface area contributed by atoms with Crippen LogP contribution in [0.2, 0.25) is 0 Å². The van der Waals surface area contributed by atoms with Crippen molar-refractivity contribution in [3.8, 4) is 0 Å². The quantitative estimate of drug-likeness (QED) is 0.753. The smallest absolute Gasteiger partial charge is 0.0582 e. The normalized spacial score (nSPS) is 35.8. The van der Waals surface area contributed by atoms with E-state index in [1.54, 1.807) is 0 Å². The van der Waals surface area contributed by atoms with Crippen LogP contribution in [0.15, 0.2) is 0 Å². The molecule has 2 rings (SSSR count). The molecule has 0 bridgehead atoms. The Kier molecular flexibility index (Phi) is 5.08. The summed E-state index contributed by atoms with van der Waals surface area (Å²) >= 11 is 0. The molecule has 1 saturated carbocycles. The van der Waals surface area contributed by atoms with Crippen LogP contribution in [0.4, 0.5) is 0 Å². The third-order valence-corrected chi connectivity index (χ3v) is 4.56. The molecule has 2 aliphatic rings. The number of rotatable bonds is 5. The average molecular weight is 253 g/mol. The lowest BCUT2D eigenvalue weighted by Crippen LogP contribution is -2.33. The molecular formula is C16H31NO. The summed E-state index contributed by atoms with van der Waals surface area (Å²) in [7, 11) is 0. The number of nitrogens with one attached hydrogen (secondary N) is 1. The van der Waals surface area contributed by atoms with Crippen LogP contribution in [0.25, 0.3) is 0 Å². The van der Waals surface area contributed by atoms with E-state index < -0.39 is 0 Å². The molecular weight excluding hydrogens is 222 g/mol. The van der Waals surface area contributed by atoms with E-state index in [1.807, 2.05) is 0 Å². The van der Waals surface area contributed by atoms with Gasteiger partial charge in [0, 0.05) is 12.6 Å². The van der Waals surface area contributed by atoms with Crippen molar-refractivity contribution in [2.75, 3.05) is 13.2 Å². The molecule has 3 unspecified atom stereocenters. The molecule has 106 valence electrons. The molecule has 0 spiro atoms. The zero-order valence-corrected chi connectivity index (χ0v) is 12.5. The lowest BCUT2D eigenvalue weighted by atomic mass is 9.71. The minimum absolute atomic E-state index is 0.481. The summed E-state index contributed by atoms with van der Waals surface area (Å²) < 4.78 is 6.12. The van der Waals surface area contributed by atoms with Crippen LogP contribution >= 0.6 is 0 Å². The molecule has 0 aromatic carbocycles. The predicted molar refractivity (Wildman–Crippen MR) is 76.8 cm³/mol. The van der Waals surface area contributed by atoms with Gasteiger partial charge in [0.2, 0.25) is 0 Å². The average Bonchev–Trinajstić information content (AvgIpc) is 2.74.